The molecule has 0 heterocycles. The summed E-state index contributed by atoms with van der Waals surface area (Å²) in [6, 6.07) is 10.6. The van der Waals surface area contributed by atoms with E-state index in [2.05, 4.69) is 5.32 Å². The molecule has 2 unspecified atom stereocenters. The fourth-order valence-corrected chi connectivity index (χ4v) is 3.28. The number of halogens is 3. The molecule has 0 aromatic heterocycles. The Morgan fingerprint density at radius 3 is 2.45 bits per heavy atom. The van der Waals surface area contributed by atoms with Gasteiger partial charge in [0.05, 0.1) is 6.42 Å². The lowest BCUT2D eigenvalue weighted by Gasteiger charge is -2.30. The third-order valence-corrected chi connectivity index (χ3v) is 5.39. The molecular formula is C22H25Cl2FN2O2. The molecule has 0 bridgehead atoms. The first-order chi connectivity index (χ1) is 13.7. The molecule has 0 saturated carbocycles. The lowest BCUT2D eigenvalue weighted by Crippen LogP contribution is -2.50. The van der Waals surface area contributed by atoms with E-state index in [4.69, 9.17) is 23.2 Å². The second-order valence-corrected chi connectivity index (χ2v) is 7.87. The van der Waals surface area contributed by atoms with Crippen LogP contribution in [0.3, 0.4) is 0 Å². The van der Waals surface area contributed by atoms with E-state index >= 15 is 0 Å². The van der Waals surface area contributed by atoms with Crippen molar-refractivity contribution >= 4 is 35.0 Å². The van der Waals surface area contributed by atoms with Crippen molar-refractivity contribution in [3.63, 3.8) is 0 Å². The molecule has 0 aliphatic rings. The molecule has 2 amide bonds. The van der Waals surface area contributed by atoms with E-state index in [0.717, 1.165) is 12.0 Å². The Hall–Kier alpha value is -2.11. The van der Waals surface area contributed by atoms with Gasteiger partial charge in [-0.15, -0.1) is 0 Å². The molecule has 156 valence electrons. The van der Waals surface area contributed by atoms with E-state index in [-0.39, 0.29) is 35.5 Å². The monoisotopic (exact) mass is 438 g/mol. The Labute approximate surface area is 181 Å². The summed E-state index contributed by atoms with van der Waals surface area (Å²) < 4.78 is 14.2. The maximum absolute atomic E-state index is 14.2. The van der Waals surface area contributed by atoms with Gasteiger partial charge in [-0.3, -0.25) is 9.59 Å². The number of carbonyl (C=O) groups is 2. The molecule has 2 aromatic rings. The fourth-order valence-electron chi connectivity index (χ4n) is 2.83. The third-order valence-electron chi connectivity index (χ3n) is 4.80. The number of hydrogen-bond acceptors (Lipinski definition) is 2. The molecule has 2 aromatic carbocycles. The lowest BCUT2D eigenvalue weighted by atomic mass is 10.1. The van der Waals surface area contributed by atoms with Crippen LogP contribution < -0.4 is 5.32 Å². The average molecular weight is 439 g/mol. The van der Waals surface area contributed by atoms with E-state index in [0.29, 0.717) is 5.02 Å². The second kappa shape index (κ2) is 10.6. The molecule has 1 N–H and O–H groups in total. The molecule has 0 radical (unpaired) electrons. The van der Waals surface area contributed by atoms with Gasteiger partial charge in [0, 0.05) is 28.2 Å². The van der Waals surface area contributed by atoms with Gasteiger partial charge >= 0.3 is 0 Å². The van der Waals surface area contributed by atoms with E-state index in [1.807, 2.05) is 19.9 Å². The topological polar surface area (TPSA) is 49.4 Å². The van der Waals surface area contributed by atoms with Crippen molar-refractivity contribution < 1.29 is 14.0 Å². The maximum atomic E-state index is 14.2. The maximum Gasteiger partial charge on any atom is 0.242 e. The summed E-state index contributed by atoms with van der Waals surface area (Å²) in [7, 11) is 0. The zero-order chi connectivity index (χ0) is 21.6. The van der Waals surface area contributed by atoms with Gasteiger partial charge in [0.1, 0.15) is 11.9 Å². The van der Waals surface area contributed by atoms with Gasteiger partial charge in [-0.1, -0.05) is 48.3 Å². The van der Waals surface area contributed by atoms with Crippen molar-refractivity contribution in [2.45, 2.75) is 52.2 Å². The first kappa shape index (κ1) is 23.2. The third kappa shape index (κ3) is 6.44. The minimum atomic E-state index is -0.749. The summed E-state index contributed by atoms with van der Waals surface area (Å²) in [4.78, 5) is 27.2. The van der Waals surface area contributed by atoms with Crippen LogP contribution >= 0.6 is 23.2 Å². The van der Waals surface area contributed by atoms with Crippen LogP contribution in [0.4, 0.5) is 4.39 Å². The molecule has 0 spiro atoms. The van der Waals surface area contributed by atoms with Crippen molar-refractivity contribution in [1.82, 2.24) is 10.2 Å². The van der Waals surface area contributed by atoms with Gasteiger partial charge in [0.15, 0.2) is 0 Å². The number of hydrogen-bond donors (Lipinski definition) is 1. The van der Waals surface area contributed by atoms with Crippen LogP contribution in [0.15, 0.2) is 42.5 Å². The van der Waals surface area contributed by atoms with Gasteiger partial charge in [-0.25, -0.2) is 4.39 Å². The SMILES string of the molecule is CCC(C)NC(=O)C(C)N(Cc1cccc(Cl)c1)C(=O)Cc1c(F)cccc1Cl. The van der Waals surface area contributed by atoms with Gasteiger partial charge in [-0.05, 0) is 50.1 Å². The molecule has 0 aliphatic heterocycles. The van der Waals surface area contributed by atoms with Gasteiger partial charge in [-0.2, -0.15) is 0 Å². The smallest absolute Gasteiger partial charge is 0.242 e. The molecule has 0 saturated heterocycles. The van der Waals surface area contributed by atoms with Crippen LogP contribution in [0.1, 0.15) is 38.3 Å². The van der Waals surface area contributed by atoms with Crippen LogP contribution in [-0.2, 0) is 22.6 Å². The Kier molecular flexibility index (Phi) is 8.47. The first-order valence-electron chi connectivity index (χ1n) is 9.50. The summed E-state index contributed by atoms with van der Waals surface area (Å²) >= 11 is 12.1. The summed E-state index contributed by atoms with van der Waals surface area (Å²) in [5.74, 6) is -1.22. The summed E-state index contributed by atoms with van der Waals surface area (Å²) in [6.45, 7) is 5.68. The Morgan fingerprint density at radius 1 is 1.14 bits per heavy atom. The highest BCUT2D eigenvalue weighted by Gasteiger charge is 2.28. The highest BCUT2D eigenvalue weighted by Crippen LogP contribution is 2.22. The summed E-state index contributed by atoms with van der Waals surface area (Å²) in [6.07, 6.45) is 0.526. The van der Waals surface area contributed by atoms with Crippen molar-refractivity contribution in [1.29, 1.82) is 0 Å². The first-order valence-corrected chi connectivity index (χ1v) is 10.3. The molecule has 4 nitrogen and oxygen atoms in total. The highest BCUT2D eigenvalue weighted by molar-refractivity contribution is 6.31. The van der Waals surface area contributed by atoms with Crippen LogP contribution in [0.5, 0.6) is 0 Å². The zero-order valence-electron chi connectivity index (χ0n) is 16.7. The fraction of sp³-hybridized carbons (Fsp3) is 0.364. The minimum absolute atomic E-state index is 0.0194. The van der Waals surface area contributed by atoms with Crippen LogP contribution in [0, 0.1) is 5.82 Å². The van der Waals surface area contributed by atoms with Crippen LogP contribution in [0.25, 0.3) is 0 Å². The molecule has 7 heteroatoms. The predicted octanol–water partition coefficient (Wildman–Crippen LogP) is 5.01. The van der Waals surface area contributed by atoms with E-state index in [1.165, 1.54) is 23.1 Å². The Bertz CT molecular complexity index is 855. The molecular weight excluding hydrogens is 414 g/mol. The Balaban J connectivity index is 2.29. The number of nitrogens with one attached hydrogen (secondary N) is 1. The van der Waals surface area contributed by atoms with E-state index in [1.54, 1.807) is 25.1 Å². The van der Waals surface area contributed by atoms with Gasteiger partial charge in [0.2, 0.25) is 11.8 Å². The van der Waals surface area contributed by atoms with Crippen molar-refractivity contribution in [2.75, 3.05) is 0 Å². The second-order valence-electron chi connectivity index (χ2n) is 7.02. The average Bonchev–Trinajstić information content (AvgIpc) is 2.68. The summed E-state index contributed by atoms with van der Waals surface area (Å²) in [5.41, 5.74) is 0.887. The van der Waals surface area contributed by atoms with Gasteiger partial charge < -0.3 is 10.2 Å². The quantitative estimate of drug-likeness (QED) is 0.629. The van der Waals surface area contributed by atoms with Crippen molar-refractivity contribution in [3.05, 3.63) is 69.5 Å². The predicted molar refractivity (Wildman–Crippen MR) is 114 cm³/mol. The van der Waals surface area contributed by atoms with E-state index < -0.39 is 17.8 Å². The van der Waals surface area contributed by atoms with Crippen LogP contribution in [0.2, 0.25) is 10.0 Å². The number of benzene rings is 2. The highest BCUT2D eigenvalue weighted by atomic mass is 35.5. The molecule has 0 aliphatic carbocycles. The number of carbonyl (C=O) groups excluding carboxylic acids is 2. The standard InChI is InChI=1S/C22H25Cl2FN2O2/c1-4-14(2)26-22(29)15(3)27(13-16-7-5-8-17(23)11-16)21(28)12-18-19(24)9-6-10-20(18)25/h5-11,14-15H,4,12-13H2,1-3H3,(H,26,29). The number of rotatable bonds is 8. The number of nitrogens with zero attached hydrogens (tertiary/aromatic N) is 1. The van der Waals surface area contributed by atoms with Crippen LogP contribution in [-0.4, -0.2) is 28.8 Å². The van der Waals surface area contributed by atoms with Crippen molar-refractivity contribution in [3.8, 4) is 0 Å². The summed E-state index contributed by atoms with van der Waals surface area (Å²) in [5, 5.41) is 3.60. The lowest BCUT2D eigenvalue weighted by molar-refractivity contribution is -0.140. The normalized spacial score (nSPS) is 12.9. The molecule has 2 rings (SSSR count). The van der Waals surface area contributed by atoms with Crippen molar-refractivity contribution in [2.24, 2.45) is 0 Å². The molecule has 2 atom stereocenters. The number of amides is 2. The molecule has 29 heavy (non-hydrogen) atoms. The van der Waals surface area contributed by atoms with E-state index in [9.17, 15) is 14.0 Å². The molecule has 0 fully saturated rings. The van der Waals surface area contributed by atoms with Gasteiger partial charge in [0.25, 0.3) is 0 Å². The zero-order valence-corrected chi connectivity index (χ0v) is 18.2. The Morgan fingerprint density at radius 2 is 1.83 bits per heavy atom. The largest absolute Gasteiger partial charge is 0.352 e. The minimum Gasteiger partial charge on any atom is -0.352 e.